The van der Waals surface area contributed by atoms with Crippen LogP contribution in [0.5, 0.6) is 0 Å². The zero-order valence-electron chi connectivity index (χ0n) is 12.2. The van der Waals surface area contributed by atoms with Crippen molar-refractivity contribution in [2.75, 3.05) is 11.4 Å². The summed E-state index contributed by atoms with van der Waals surface area (Å²) < 4.78 is 2.02. The van der Waals surface area contributed by atoms with Crippen LogP contribution in [0.25, 0.3) is 0 Å². The molecule has 0 saturated heterocycles. The Morgan fingerprint density at radius 3 is 2.76 bits per heavy atom. The van der Waals surface area contributed by atoms with Crippen LogP contribution in [0.3, 0.4) is 0 Å². The monoisotopic (exact) mass is 283 g/mol. The Bertz CT molecular complexity index is 698. The van der Waals surface area contributed by atoms with Gasteiger partial charge in [-0.3, -0.25) is 0 Å². The Balaban J connectivity index is 2.02. The van der Waals surface area contributed by atoms with Gasteiger partial charge < -0.3 is 9.47 Å². The molecule has 21 heavy (non-hydrogen) atoms. The zero-order valence-corrected chi connectivity index (χ0v) is 12.2. The van der Waals surface area contributed by atoms with Crippen molar-refractivity contribution in [2.24, 2.45) is 0 Å². The summed E-state index contributed by atoms with van der Waals surface area (Å²) in [5, 5.41) is 26.2. The van der Waals surface area contributed by atoms with Gasteiger partial charge in [-0.05, 0) is 18.4 Å². The van der Waals surface area contributed by atoms with Gasteiger partial charge in [0.1, 0.15) is 18.0 Å². The molecule has 0 radical (unpaired) electrons. The van der Waals surface area contributed by atoms with Gasteiger partial charge in [0.05, 0.1) is 12.2 Å². The molecule has 7 heteroatoms. The summed E-state index contributed by atoms with van der Waals surface area (Å²) >= 11 is 0. The number of aromatic nitrogens is 5. The van der Waals surface area contributed by atoms with Crippen molar-refractivity contribution in [1.29, 1.82) is 5.26 Å². The Hall–Kier alpha value is -2.49. The summed E-state index contributed by atoms with van der Waals surface area (Å²) in [6, 6.07) is 2.32. The van der Waals surface area contributed by atoms with Crippen molar-refractivity contribution < 1.29 is 0 Å². The van der Waals surface area contributed by atoms with Gasteiger partial charge in [0.15, 0.2) is 11.6 Å². The van der Waals surface area contributed by atoms with Gasteiger partial charge in [-0.1, -0.05) is 13.8 Å². The third-order valence-electron chi connectivity index (χ3n) is 3.88. The van der Waals surface area contributed by atoms with Gasteiger partial charge in [-0.15, -0.1) is 15.3 Å². The fourth-order valence-electron chi connectivity index (χ4n) is 2.75. The molecule has 3 heterocycles. The number of nitrogens with zero attached hydrogens (tertiary/aromatic N) is 7. The minimum Gasteiger partial charge on any atom is -0.345 e. The number of fused-ring (bicyclic) bond motifs is 1. The van der Waals surface area contributed by atoms with E-state index in [4.69, 9.17) is 0 Å². The van der Waals surface area contributed by atoms with Crippen LogP contribution in [0.1, 0.15) is 36.5 Å². The van der Waals surface area contributed by atoms with E-state index in [1.165, 1.54) is 0 Å². The van der Waals surface area contributed by atoms with Gasteiger partial charge in [-0.25, -0.2) is 0 Å². The normalized spacial score (nSPS) is 13.9. The van der Waals surface area contributed by atoms with E-state index in [1.807, 2.05) is 18.4 Å². The molecule has 7 nitrogen and oxygen atoms in total. The highest BCUT2D eigenvalue weighted by molar-refractivity contribution is 5.58. The molecule has 0 amide bonds. The zero-order chi connectivity index (χ0) is 14.8. The first-order chi connectivity index (χ1) is 10.3. The van der Waals surface area contributed by atoms with Gasteiger partial charge in [0, 0.05) is 13.1 Å². The summed E-state index contributed by atoms with van der Waals surface area (Å²) in [7, 11) is 0. The van der Waals surface area contributed by atoms with Gasteiger partial charge >= 0.3 is 0 Å². The molecule has 0 unspecified atom stereocenters. The number of anilines is 1. The summed E-state index contributed by atoms with van der Waals surface area (Å²) in [6.45, 7) is 6.27. The lowest BCUT2D eigenvalue weighted by Gasteiger charge is -2.28. The molecule has 1 aliphatic heterocycles. The molecule has 0 fully saturated rings. The van der Waals surface area contributed by atoms with Crippen molar-refractivity contribution >= 4 is 5.82 Å². The molecule has 0 aliphatic carbocycles. The smallest absolute Gasteiger partial charge is 0.170 e. The largest absolute Gasteiger partial charge is 0.345 e. The quantitative estimate of drug-likeness (QED) is 0.838. The maximum atomic E-state index is 9.56. The topological polar surface area (TPSA) is 83.5 Å². The van der Waals surface area contributed by atoms with E-state index in [9.17, 15) is 5.26 Å². The maximum Gasteiger partial charge on any atom is 0.170 e. The molecule has 0 atom stereocenters. The molecule has 2 aromatic heterocycles. The number of aryl methyl sites for hydroxylation is 1. The first kappa shape index (κ1) is 13.5. The van der Waals surface area contributed by atoms with Crippen molar-refractivity contribution in [1.82, 2.24) is 25.0 Å². The molecular weight excluding hydrogens is 266 g/mol. The standard InChI is InChI=1S/C14H17N7/c1-3-10-11(7-15)14(19-17-12(10)4-2)20-5-6-21-9-16-18-13(21)8-20/h9H,3-6,8H2,1-2H3. The fourth-order valence-corrected chi connectivity index (χ4v) is 2.75. The third kappa shape index (κ3) is 2.23. The minimum absolute atomic E-state index is 0.609. The average Bonchev–Trinajstić information content (AvgIpc) is 3.00. The molecule has 1 aliphatic rings. The SMILES string of the molecule is CCc1nnc(N2CCn3cnnc3C2)c(C#N)c1CC. The Morgan fingerprint density at radius 2 is 2.05 bits per heavy atom. The number of nitriles is 1. The second-order valence-corrected chi connectivity index (χ2v) is 5.00. The molecule has 0 spiro atoms. The van der Waals surface area contributed by atoms with Crippen LogP contribution in [-0.2, 0) is 25.9 Å². The minimum atomic E-state index is 0.609. The lowest BCUT2D eigenvalue weighted by Crippen LogP contribution is -2.35. The van der Waals surface area contributed by atoms with E-state index in [1.54, 1.807) is 6.33 Å². The average molecular weight is 283 g/mol. The molecule has 0 N–H and O–H groups in total. The molecule has 3 rings (SSSR count). The summed E-state index contributed by atoms with van der Waals surface area (Å²) in [5.74, 6) is 1.56. The van der Waals surface area contributed by atoms with Crippen LogP contribution >= 0.6 is 0 Å². The third-order valence-corrected chi connectivity index (χ3v) is 3.88. The fraction of sp³-hybridized carbons (Fsp3) is 0.500. The van der Waals surface area contributed by atoms with Crippen molar-refractivity contribution in [3.63, 3.8) is 0 Å². The van der Waals surface area contributed by atoms with E-state index in [2.05, 4.69) is 31.4 Å². The lowest BCUT2D eigenvalue weighted by molar-refractivity contribution is 0.553. The Morgan fingerprint density at radius 1 is 1.19 bits per heavy atom. The van der Waals surface area contributed by atoms with Gasteiger partial charge in [0.25, 0.3) is 0 Å². The maximum absolute atomic E-state index is 9.56. The summed E-state index contributed by atoms with van der Waals surface area (Å²) in [6.07, 6.45) is 3.32. The van der Waals surface area contributed by atoms with Crippen molar-refractivity contribution in [3.05, 3.63) is 29.0 Å². The molecule has 108 valence electrons. The van der Waals surface area contributed by atoms with Crippen molar-refractivity contribution in [3.8, 4) is 6.07 Å². The van der Waals surface area contributed by atoms with Crippen LogP contribution in [0.15, 0.2) is 6.33 Å². The van der Waals surface area contributed by atoms with Crippen LogP contribution in [0.2, 0.25) is 0 Å². The second-order valence-electron chi connectivity index (χ2n) is 5.00. The van der Waals surface area contributed by atoms with Gasteiger partial charge in [-0.2, -0.15) is 10.4 Å². The lowest BCUT2D eigenvalue weighted by atomic mass is 10.0. The van der Waals surface area contributed by atoms with Gasteiger partial charge in [0.2, 0.25) is 0 Å². The summed E-state index contributed by atoms with van der Waals surface area (Å²) in [4.78, 5) is 2.06. The molecule has 2 aromatic rings. The van der Waals surface area contributed by atoms with Crippen LogP contribution in [0.4, 0.5) is 5.82 Å². The summed E-state index contributed by atoms with van der Waals surface area (Å²) in [5.41, 5.74) is 2.58. The number of hydrogen-bond acceptors (Lipinski definition) is 6. The highest BCUT2D eigenvalue weighted by atomic mass is 15.3. The van der Waals surface area contributed by atoms with E-state index in [-0.39, 0.29) is 0 Å². The first-order valence-electron chi connectivity index (χ1n) is 7.18. The Labute approximate surface area is 123 Å². The van der Waals surface area contributed by atoms with E-state index in [0.29, 0.717) is 17.9 Å². The second kappa shape index (κ2) is 5.48. The highest BCUT2D eigenvalue weighted by Gasteiger charge is 2.24. The van der Waals surface area contributed by atoms with E-state index in [0.717, 1.165) is 43.0 Å². The first-order valence-corrected chi connectivity index (χ1v) is 7.18. The predicted molar refractivity (Wildman–Crippen MR) is 76.6 cm³/mol. The Kier molecular flexibility index (Phi) is 3.52. The molecule has 0 bridgehead atoms. The predicted octanol–water partition coefficient (Wildman–Crippen LogP) is 1.08. The molecule has 0 saturated carbocycles. The number of rotatable bonds is 3. The van der Waals surface area contributed by atoms with Crippen LogP contribution in [0, 0.1) is 11.3 Å². The van der Waals surface area contributed by atoms with Crippen molar-refractivity contribution in [2.45, 2.75) is 39.8 Å². The number of hydrogen-bond donors (Lipinski definition) is 0. The van der Waals surface area contributed by atoms with Crippen LogP contribution in [-0.4, -0.2) is 31.5 Å². The molecular formula is C14H17N7. The van der Waals surface area contributed by atoms with E-state index < -0.39 is 0 Å². The van der Waals surface area contributed by atoms with Crippen LogP contribution < -0.4 is 4.90 Å². The molecule has 0 aromatic carbocycles. The van der Waals surface area contributed by atoms with E-state index >= 15 is 0 Å². The highest BCUT2D eigenvalue weighted by Crippen LogP contribution is 2.25.